The number of thioether (sulfide) groups is 1. The van der Waals surface area contributed by atoms with E-state index in [0.29, 0.717) is 0 Å². The summed E-state index contributed by atoms with van der Waals surface area (Å²) in [4.78, 5) is 1.25. The number of rotatable bonds is 4. The maximum Gasteiger partial charge on any atom is 0.133 e. The Labute approximate surface area is 103 Å². The standard InChI is InChI=1S/C11H13N3S2/c1-8(12)11-14-13-10(16-11)7-15-9-5-3-2-4-6-9/h2-6,8H,7,12H2,1H3. The van der Waals surface area contributed by atoms with Gasteiger partial charge >= 0.3 is 0 Å². The third-order valence-corrected chi connectivity index (χ3v) is 4.31. The molecule has 1 aromatic carbocycles. The van der Waals surface area contributed by atoms with Gasteiger partial charge in [-0.2, -0.15) is 0 Å². The molecule has 0 saturated heterocycles. The highest BCUT2D eigenvalue weighted by atomic mass is 32.2. The summed E-state index contributed by atoms with van der Waals surface area (Å²) in [6.45, 7) is 1.93. The lowest BCUT2D eigenvalue weighted by Crippen LogP contribution is -2.03. The molecule has 3 nitrogen and oxygen atoms in total. The van der Waals surface area contributed by atoms with Gasteiger partial charge in [0.1, 0.15) is 10.0 Å². The van der Waals surface area contributed by atoms with Crippen LogP contribution in [0.15, 0.2) is 35.2 Å². The highest BCUT2D eigenvalue weighted by molar-refractivity contribution is 7.98. The van der Waals surface area contributed by atoms with E-state index in [4.69, 9.17) is 5.73 Å². The second-order valence-electron chi connectivity index (χ2n) is 3.42. The lowest BCUT2D eigenvalue weighted by molar-refractivity contribution is 0.784. The molecule has 0 aliphatic carbocycles. The van der Waals surface area contributed by atoms with Gasteiger partial charge in [0, 0.05) is 4.90 Å². The Kier molecular flexibility index (Phi) is 3.93. The maximum atomic E-state index is 5.74. The molecule has 1 atom stereocenters. The summed E-state index contributed by atoms with van der Waals surface area (Å²) in [5.74, 6) is 0.856. The average Bonchev–Trinajstić information content (AvgIpc) is 2.76. The monoisotopic (exact) mass is 251 g/mol. The fourth-order valence-electron chi connectivity index (χ4n) is 1.17. The van der Waals surface area contributed by atoms with Gasteiger partial charge in [0.15, 0.2) is 0 Å². The van der Waals surface area contributed by atoms with Crippen LogP contribution in [-0.4, -0.2) is 10.2 Å². The molecule has 16 heavy (non-hydrogen) atoms. The van der Waals surface area contributed by atoms with Crippen LogP contribution in [-0.2, 0) is 5.75 Å². The van der Waals surface area contributed by atoms with Crippen LogP contribution >= 0.6 is 23.1 Å². The molecule has 5 heteroatoms. The van der Waals surface area contributed by atoms with Crippen molar-refractivity contribution in [2.45, 2.75) is 23.6 Å². The Balaban J connectivity index is 1.95. The van der Waals surface area contributed by atoms with Gasteiger partial charge in [-0.15, -0.1) is 22.0 Å². The first-order valence-electron chi connectivity index (χ1n) is 5.01. The molecule has 2 aromatic rings. The van der Waals surface area contributed by atoms with Crippen molar-refractivity contribution in [3.8, 4) is 0 Å². The van der Waals surface area contributed by atoms with E-state index in [2.05, 4.69) is 22.3 Å². The van der Waals surface area contributed by atoms with E-state index >= 15 is 0 Å². The Morgan fingerprint density at radius 2 is 2.06 bits per heavy atom. The molecule has 0 fully saturated rings. The van der Waals surface area contributed by atoms with Crippen LogP contribution in [0.2, 0.25) is 0 Å². The Bertz CT molecular complexity index is 440. The van der Waals surface area contributed by atoms with E-state index < -0.39 is 0 Å². The maximum absolute atomic E-state index is 5.74. The molecule has 1 heterocycles. The molecule has 84 valence electrons. The third kappa shape index (κ3) is 3.04. The molecular formula is C11H13N3S2. The number of hydrogen-bond donors (Lipinski definition) is 1. The zero-order valence-corrected chi connectivity index (χ0v) is 10.6. The summed E-state index contributed by atoms with van der Waals surface area (Å²) in [5.41, 5.74) is 5.74. The van der Waals surface area contributed by atoms with Gasteiger partial charge in [-0.3, -0.25) is 0 Å². The van der Waals surface area contributed by atoms with Crippen molar-refractivity contribution in [1.82, 2.24) is 10.2 Å². The molecule has 0 saturated carbocycles. The topological polar surface area (TPSA) is 51.8 Å². The fraction of sp³-hybridized carbons (Fsp3) is 0.273. The average molecular weight is 251 g/mol. The summed E-state index contributed by atoms with van der Waals surface area (Å²) in [6.07, 6.45) is 0. The molecule has 0 aliphatic heterocycles. The van der Waals surface area contributed by atoms with Gasteiger partial charge in [-0.25, -0.2) is 0 Å². The number of benzene rings is 1. The first-order chi connectivity index (χ1) is 7.75. The largest absolute Gasteiger partial charge is 0.322 e. The van der Waals surface area contributed by atoms with Gasteiger partial charge < -0.3 is 5.73 Å². The molecule has 0 radical (unpaired) electrons. The highest BCUT2D eigenvalue weighted by Gasteiger charge is 2.07. The van der Waals surface area contributed by atoms with Crippen LogP contribution in [0.3, 0.4) is 0 Å². The van der Waals surface area contributed by atoms with Gasteiger partial charge in [0.2, 0.25) is 0 Å². The molecule has 0 spiro atoms. The lowest BCUT2D eigenvalue weighted by Gasteiger charge is -1.97. The minimum Gasteiger partial charge on any atom is -0.322 e. The van der Waals surface area contributed by atoms with Crippen molar-refractivity contribution in [1.29, 1.82) is 0 Å². The third-order valence-electron chi connectivity index (χ3n) is 1.98. The Morgan fingerprint density at radius 1 is 1.31 bits per heavy atom. The van der Waals surface area contributed by atoms with Gasteiger partial charge in [-0.1, -0.05) is 29.5 Å². The minimum atomic E-state index is -0.0204. The smallest absolute Gasteiger partial charge is 0.133 e. The van der Waals surface area contributed by atoms with Crippen molar-refractivity contribution in [2.75, 3.05) is 0 Å². The molecule has 1 unspecified atom stereocenters. The number of nitrogens with zero attached hydrogens (tertiary/aromatic N) is 2. The Hall–Kier alpha value is -0.910. The van der Waals surface area contributed by atoms with E-state index in [0.717, 1.165) is 15.8 Å². The molecular weight excluding hydrogens is 238 g/mol. The summed E-state index contributed by atoms with van der Waals surface area (Å²) in [5, 5.41) is 10.1. The van der Waals surface area contributed by atoms with Crippen LogP contribution in [0.25, 0.3) is 0 Å². The number of nitrogens with two attached hydrogens (primary N) is 1. The molecule has 0 amide bonds. The molecule has 2 N–H and O–H groups in total. The summed E-state index contributed by atoms with van der Waals surface area (Å²) in [7, 11) is 0. The van der Waals surface area contributed by atoms with Crippen LogP contribution < -0.4 is 5.73 Å². The van der Waals surface area contributed by atoms with Gasteiger partial charge in [0.05, 0.1) is 11.8 Å². The van der Waals surface area contributed by atoms with Gasteiger partial charge in [0.25, 0.3) is 0 Å². The fourth-order valence-corrected chi connectivity index (χ4v) is 2.87. The SMILES string of the molecule is CC(N)c1nnc(CSc2ccccc2)s1. The van der Waals surface area contributed by atoms with Crippen LogP contribution in [0.5, 0.6) is 0 Å². The second kappa shape index (κ2) is 5.43. The van der Waals surface area contributed by atoms with E-state index in [-0.39, 0.29) is 6.04 Å². The first kappa shape index (κ1) is 11.6. The quantitative estimate of drug-likeness (QED) is 0.849. The number of aromatic nitrogens is 2. The second-order valence-corrected chi connectivity index (χ2v) is 5.57. The predicted octanol–water partition coefficient (Wildman–Crippen LogP) is 2.85. The van der Waals surface area contributed by atoms with Crippen molar-refractivity contribution >= 4 is 23.1 Å². The van der Waals surface area contributed by atoms with E-state index in [9.17, 15) is 0 Å². The molecule has 0 bridgehead atoms. The predicted molar refractivity (Wildman–Crippen MR) is 68.5 cm³/mol. The zero-order valence-electron chi connectivity index (χ0n) is 8.96. The van der Waals surface area contributed by atoms with Crippen molar-refractivity contribution in [2.24, 2.45) is 5.73 Å². The summed E-state index contributed by atoms with van der Waals surface area (Å²) < 4.78 is 0. The molecule has 1 aromatic heterocycles. The molecule has 2 rings (SSSR count). The highest BCUT2D eigenvalue weighted by Crippen LogP contribution is 2.25. The molecule has 0 aliphatic rings. The zero-order chi connectivity index (χ0) is 11.4. The minimum absolute atomic E-state index is 0.0204. The van der Waals surface area contributed by atoms with E-state index in [1.54, 1.807) is 23.1 Å². The van der Waals surface area contributed by atoms with Crippen LogP contribution in [0.1, 0.15) is 23.0 Å². The van der Waals surface area contributed by atoms with Crippen LogP contribution in [0.4, 0.5) is 0 Å². The normalized spacial score (nSPS) is 12.6. The van der Waals surface area contributed by atoms with Crippen LogP contribution in [0, 0.1) is 0 Å². The summed E-state index contributed by atoms with van der Waals surface area (Å²) in [6, 6.07) is 10.3. The Morgan fingerprint density at radius 3 is 2.69 bits per heavy atom. The van der Waals surface area contributed by atoms with E-state index in [1.807, 2.05) is 25.1 Å². The van der Waals surface area contributed by atoms with Crippen molar-refractivity contribution in [3.05, 3.63) is 40.3 Å². The first-order valence-corrected chi connectivity index (χ1v) is 6.81. The van der Waals surface area contributed by atoms with Gasteiger partial charge in [-0.05, 0) is 19.1 Å². The van der Waals surface area contributed by atoms with Crippen molar-refractivity contribution < 1.29 is 0 Å². The lowest BCUT2D eigenvalue weighted by atomic mass is 10.4. The van der Waals surface area contributed by atoms with Crippen molar-refractivity contribution in [3.63, 3.8) is 0 Å². The summed E-state index contributed by atoms with van der Waals surface area (Å²) >= 11 is 3.36. The van der Waals surface area contributed by atoms with E-state index in [1.165, 1.54) is 4.90 Å². The number of hydrogen-bond acceptors (Lipinski definition) is 5.